The lowest BCUT2D eigenvalue weighted by Crippen LogP contribution is -1.98. The van der Waals surface area contributed by atoms with Crippen molar-refractivity contribution in [1.29, 1.82) is 0 Å². The van der Waals surface area contributed by atoms with E-state index in [1.54, 1.807) is 23.0 Å². The second-order valence-electron chi connectivity index (χ2n) is 3.90. The van der Waals surface area contributed by atoms with Crippen molar-refractivity contribution in [3.05, 3.63) is 29.2 Å². The lowest BCUT2D eigenvalue weighted by Gasteiger charge is -1.99. The van der Waals surface area contributed by atoms with Crippen LogP contribution in [-0.4, -0.2) is 30.0 Å². The molecule has 20 heavy (non-hydrogen) atoms. The number of aromatic nitrogens is 5. The molecule has 0 radical (unpaired) electrons. The molecule has 0 unspecified atom stereocenters. The maximum Gasteiger partial charge on any atom is 0.268 e. The highest BCUT2D eigenvalue weighted by molar-refractivity contribution is 7.98. The zero-order chi connectivity index (χ0) is 13.9. The Morgan fingerprint density at radius 1 is 1.45 bits per heavy atom. The van der Waals surface area contributed by atoms with E-state index in [2.05, 4.69) is 20.3 Å². The fraction of sp³-hybridized carbons (Fsp3) is 0.273. The third-order valence-corrected chi connectivity index (χ3v) is 4.47. The summed E-state index contributed by atoms with van der Waals surface area (Å²) in [5.41, 5.74) is 0. The standard InChI is InChI=1S/C11H11N5O2S2/c1-16-9(5-17)13-14-11(16)20-6-8-12-10(18-15-8)7-3-2-4-19-7/h2-4,17H,5-6H2,1H3. The largest absolute Gasteiger partial charge is 0.388 e. The van der Waals surface area contributed by atoms with Crippen LogP contribution < -0.4 is 0 Å². The van der Waals surface area contributed by atoms with E-state index in [0.717, 1.165) is 4.88 Å². The van der Waals surface area contributed by atoms with E-state index in [1.165, 1.54) is 11.8 Å². The molecular formula is C11H11N5O2S2. The van der Waals surface area contributed by atoms with Crippen molar-refractivity contribution in [3.8, 4) is 10.8 Å². The van der Waals surface area contributed by atoms with Gasteiger partial charge in [-0.1, -0.05) is 23.0 Å². The van der Waals surface area contributed by atoms with E-state index < -0.39 is 0 Å². The maximum absolute atomic E-state index is 9.05. The van der Waals surface area contributed by atoms with Gasteiger partial charge in [-0.15, -0.1) is 21.5 Å². The highest BCUT2D eigenvalue weighted by Gasteiger charge is 2.12. The van der Waals surface area contributed by atoms with E-state index in [0.29, 0.717) is 28.4 Å². The van der Waals surface area contributed by atoms with Crippen LogP contribution in [0.15, 0.2) is 27.2 Å². The smallest absolute Gasteiger partial charge is 0.268 e. The van der Waals surface area contributed by atoms with Gasteiger partial charge in [0.15, 0.2) is 16.8 Å². The van der Waals surface area contributed by atoms with Crippen molar-refractivity contribution in [2.24, 2.45) is 7.05 Å². The lowest BCUT2D eigenvalue weighted by molar-refractivity contribution is 0.266. The van der Waals surface area contributed by atoms with E-state index in [1.807, 2.05) is 17.5 Å². The minimum atomic E-state index is -0.130. The normalized spacial score (nSPS) is 11.1. The maximum atomic E-state index is 9.05. The van der Waals surface area contributed by atoms with Gasteiger partial charge in [-0.05, 0) is 11.4 Å². The number of thioether (sulfide) groups is 1. The molecule has 7 nitrogen and oxygen atoms in total. The van der Waals surface area contributed by atoms with E-state index in [4.69, 9.17) is 9.63 Å². The summed E-state index contributed by atoms with van der Waals surface area (Å²) < 4.78 is 6.95. The highest BCUT2D eigenvalue weighted by Crippen LogP contribution is 2.25. The summed E-state index contributed by atoms with van der Waals surface area (Å²) in [7, 11) is 1.81. The number of nitrogens with zero attached hydrogens (tertiary/aromatic N) is 5. The van der Waals surface area contributed by atoms with Crippen molar-refractivity contribution < 1.29 is 9.63 Å². The van der Waals surface area contributed by atoms with E-state index >= 15 is 0 Å². The number of aliphatic hydroxyl groups is 1. The van der Waals surface area contributed by atoms with Crippen molar-refractivity contribution in [2.45, 2.75) is 17.5 Å². The minimum absolute atomic E-state index is 0.130. The van der Waals surface area contributed by atoms with Crippen LogP contribution in [0.5, 0.6) is 0 Å². The molecule has 0 atom stereocenters. The number of aliphatic hydroxyl groups excluding tert-OH is 1. The molecule has 0 fully saturated rings. The SMILES string of the molecule is Cn1c(CO)nnc1SCc1noc(-c2cccs2)n1. The Bertz CT molecular complexity index is 692. The Balaban J connectivity index is 1.68. The summed E-state index contributed by atoms with van der Waals surface area (Å²) in [5, 5.41) is 23.5. The summed E-state index contributed by atoms with van der Waals surface area (Å²) in [6, 6.07) is 3.87. The quantitative estimate of drug-likeness (QED) is 0.717. The average Bonchev–Trinajstić information content (AvgIpc) is 3.17. The van der Waals surface area contributed by atoms with E-state index in [9.17, 15) is 0 Å². The van der Waals surface area contributed by atoms with E-state index in [-0.39, 0.29) is 6.61 Å². The fourth-order valence-corrected chi connectivity index (χ4v) is 2.97. The van der Waals surface area contributed by atoms with Crippen LogP contribution in [-0.2, 0) is 19.4 Å². The van der Waals surface area contributed by atoms with Gasteiger partial charge in [0.2, 0.25) is 0 Å². The molecule has 3 aromatic rings. The molecule has 0 bridgehead atoms. The second-order valence-corrected chi connectivity index (χ2v) is 5.79. The Morgan fingerprint density at radius 2 is 2.35 bits per heavy atom. The molecule has 3 heterocycles. The predicted octanol–water partition coefficient (Wildman–Crippen LogP) is 1.71. The molecule has 9 heteroatoms. The van der Waals surface area contributed by atoms with Crippen LogP contribution in [0.1, 0.15) is 11.6 Å². The van der Waals surface area contributed by atoms with Gasteiger partial charge >= 0.3 is 0 Å². The molecule has 0 saturated carbocycles. The third-order valence-electron chi connectivity index (χ3n) is 2.60. The number of thiophene rings is 1. The summed E-state index contributed by atoms with van der Waals surface area (Å²) in [6.07, 6.45) is 0. The molecule has 0 aliphatic carbocycles. The first kappa shape index (κ1) is 13.3. The second kappa shape index (κ2) is 5.73. The van der Waals surface area contributed by atoms with Crippen molar-refractivity contribution in [3.63, 3.8) is 0 Å². The summed E-state index contributed by atoms with van der Waals surface area (Å²) in [4.78, 5) is 5.28. The van der Waals surface area contributed by atoms with Crippen LogP contribution in [0.4, 0.5) is 0 Å². The van der Waals surface area contributed by atoms with Crippen LogP contribution in [0.2, 0.25) is 0 Å². The number of hydrogen-bond donors (Lipinski definition) is 1. The molecule has 0 aliphatic heterocycles. The highest BCUT2D eigenvalue weighted by atomic mass is 32.2. The molecule has 0 aromatic carbocycles. The molecule has 3 rings (SSSR count). The van der Waals surface area contributed by atoms with Crippen LogP contribution >= 0.6 is 23.1 Å². The molecule has 104 valence electrons. The molecule has 0 amide bonds. The Labute approximate surface area is 122 Å². The Kier molecular flexibility index (Phi) is 3.81. The Hall–Kier alpha value is -1.71. The van der Waals surface area contributed by atoms with Crippen molar-refractivity contribution in [1.82, 2.24) is 24.9 Å². The zero-order valence-corrected chi connectivity index (χ0v) is 12.2. The average molecular weight is 309 g/mol. The molecule has 0 saturated heterocycles. The van der Waals surface area contributed by atoms with Crippen LogP contribution in [0, 0.1) is 0 Å². The molecule has 3 aromatic heterocycles. The van der Waals surface area contributed by atoms with Crippen molar-refractivity contribution in [2.75, 3.05) is 0 Å². The first-order valence-electron chi connectivity index (χ1n) is 5.76. The monoisotopic (exact) mass is 309 g/mol. The van der Waals surface area contributed by atoms with Gasteiger partial charge in [-0.2, -0.15) is 4.98 Å². The van der Waals surface area contributed by atoms with Gasteiger partial charge in [0.1, 0.15) is 6.61 Å². The first-order valence-corrected chi connectivity index (χ1v) is 7.63. The first-order chi connectivity index (χ1) is 9.78. The summed E-state index contributed by atoms with van der Waals surface area (Å²) >= 11 is 3.00. The topological polar surface area (TPSA) is 89.9 Å². The zero-order valence-electron chi connectivity index (χ0n) is 10.6. The number of hydrogen-bond acceptors (Lipinski definition) is 8. The van der Waals surface area contributed by atoms with Gasteiger partial charge in [0.05, 0.1) is 10.6 Å². The molecule has 0 spiro atoms. The molecule has 0 aliphatic rings. The summed E-state index contributed by atoms with van der Waals surface area (Å²) in [6.45, 7) is -0.130. The lowest BCUT2D eigenvalue weighted by atomic mass is 10.5. The predicted molar refractivity (Wildman–Crippen MR) is 74.1 cm³/mol. The van der Waals surface area contributed by atoms with Gasteiger partial charge in [0, 0.05) is 7.05 Å². The van der Waals surface area contributed by atoms with Crippen molar-refractivity contribution >= 4 is 23.1 Å². The number of rotatable bonds is 5. The van der Waals surface area contributed by atoms with Gasteiger partial charge in [0.25, 0.3) is 5.89 Å². The summed E-state index contributed by atoms with van der Waals surface area (Å²) in [5.74, 6) is 2.20. The van der Waals surface area contributed by atoms with Gasteiger partial charge in [-0.25, -0.2) is 0 Å². The fourth-order valence-electron chi connectivity index (χ4n) is 1.55. The molecular weight excluding hydrogens is 298 g/mol. The molecule has 1 N–H and O–H groups in total. The van der Waals surface area contributed by atoms with Gasteiger partial charge in [-0.3, -0.25) is 0 Å². The minimum Gasteiger partial charge on any atom is -0.388 e. The Morgan fingerprint density at radius 3 is 3.05 bits per heavy atom. The van der Waals surface area contributed by atoms with Crippen LogP contribution in [0.25, 0.3) is 10.8 Å². The van der Waals surface area contributed by atoms with Gasteiger partial charge < -0.3 is 14.2 Å². The third kappa shape index (κ3) is 2.60. The van der Waals surface area contributed by atoms with Crippen LogP contribution in [0.3, 0.4) is 0 Å².